The third kappa shape index (κ3) is 4.78. The third-order valence-corrected chi connectivity index (χ3v) is 6.01. The molecular formula is C16H21N3O6S. The monoisotopic (exact) mass is 383 g/mol. The first-order chi connectivity index (χ1) is 12.1. The molecule has 26 heavy (non-hydrogen) atoms. The molecule has 1 N–H and O–H groups in total. The second-order valence-corrected chi connectivity index (χ2v) is 8.47. The van der Waals surface area contributed by atoms with Crippen molar-refractivity contribution in [3.8, 4) is 0 Å². The van der Waals surface area contributed by atoms with Crippen LogP contribution < -0.4 is 5.32 Å². The number of hydrogen-bond acceptors (Lipinski definition) is 6. The Kier molecular flexibility index (Phi) is 5.96. The van der Waals surface area contributed by atoms with Crippen LogP contribution >= 0.6 is 0 Å². The van der Waals surface area contributed by atoms with Gasteiger partial charge in [-0.3, -0.25) is 19.7 Å². The standard InChI is InChI=1S/C16H21N3O6S/c1-3-18(9-15(20)17-13-6-7-26(24,25)10-13)16(21)12-4-5-14(19(22)23)11(2)8-12/h4-5,8,13H,3,6-7,9-10H2,1-2H3,(H,17,20). The van der Waals surface area contributed by atoms with E-state index in [1.807, 2.05) is 0 Å². The largest absolute Gasteiger partial charge is 0.351 e. The van der Waals surface area contributed by atoms with Crippen molar-refractivity contribution in [3.05, 3.63) is 39.4 Å². The predicted octanol–water partition coefficient (Wildman–Crippen LogP) is 0.669. The number of likely N-dealkylation sites (N-methyl/N-ethyl adjacent to an activating group) is 1. The Morgan fingerprint density at radius 3 is 2.58 bits per heavy atom. The maximum Gasteiger partial charge on any atom is 0.272 e. The smallest absolute Gasteiger partial charge is 0.272 e. The molecule has 0 radical (unpaired) electrons. The number of sulfone groups is 1. The van der Waals surface area contributed by atoms with Crippen LogP contribution in [0.15, 0.2) is 18.2 Å². The SMILES string of the molecule is CCN(CC(=O)NC1CCS(=O)(=O)C1)C(=O)c1ccc([N+](=O)[O-])c(C)c1. The van der Waals surface area contributed by atoms with Crippen LogP contribution in [-0.4, -0.2) is 60.7 Å². The fourth-order valence-corrected chi connectivity index (χ4v) is 4.53. The quantitative estimate of drug-likeness (QED) is 0.568. The summed E-state index contributed by atoms with van der Waals surface area (Å²) in [6.45, 7) is 3.31. The van der Waals surface area contributed by atoms with Gasteiger partial charge >= 0.3 is 0 Å². The Bertz CT molecular complexity index is 836. The van der Waals surface area contributed by atoms with Gasteiger partial charge in [0, 0.05) is 29.8 Å². The van der Waals surface area contributed by atoms with Gasteiger partial charge in [-0.2, -0.15) is 0 Å². The van der Waals surface area contributed by atoms with Gasteiger partial charge in [0.1, 0.15) is 0 Å². The molecule has 1 aliphatic heterocycles. The summed E-state index contributed by atoms with van der Waals surface area (Å²) in [5, 5.41) is 13.5. The molecule has 0 saturated carbocycles. The van der Waals surface area contributed by atoms with Gasteiger partial charge in [-0.1, -0.05) is 0 Å². The van der Waals surface area contributed by atoms with Crippen LogP contribution in [0.5, 0.6) is 0 Å². The van der Waals surface area contributed by atoms with Crippen LogP contribution in [0, 0.1) is 17.0 Å². The summed E-state index contributed by atoms with van der Waals surface area (Å²) in [6, 6.07) is 3.62. The first-order valence-corrected chi connectivity index (χ1v) is 9.99. The second-order valence-electron chi connectivity index (χ2n) is 6.25. The summed E-state index contributed by atoms with van der Waals surface area (Å²) in [7, 11) is -3.10. The summed E-state index contributed by atoms with van der Waals surface area (Å²) >= 11 is 0. The molecule has 1 fully saturated rings. The van der Waals surface area contributed by atoms with E-state index in [1.165, 1.54) is 23.1 Å². The molecule has 0 aliphatic carbocycles. The van der Waals surface area contributed by atoms with E-state index in [0.717, 1.165) is 0 Å². The van der Waals surface area contributed by atoms with Crippen molar-refractivity contribution in [2.75, 3.05) is 24.6 Å². The molecule has 1 atom stereocenters. The molecule has 2 rings (SSSR count). The molecule has 0 aromatic heterocycles. The number of amides is 2. The van der Waals surface area contributed by atoms with Gasteiger partial charge in [0.05, 0.1) is 23.0 Å². The molecule has 10 heteroatoms. The van der Waals surface area contributed by atoms with Crippen LogP contribution in [0.25, 0.3) is 0 Å². The van der Waals surface area contributed by atoms with Gasteiger partial charge < -0.3 is 10.2 Å². The molecule has 2 amide bonds. The van der Waals surface area contributed by atoms with E-state index < -0.39 is 32.6 Å². The number of nitro groups is 1. The lowest BCUT2D eigenvalue weighted by molar-refractivity contribution is -0.385. The van der Waals surface area contributed by atoms with E-state index in [-0.39, 0.29) is 35.8 Å². The maximum absolute atomic E-state index is 12.6. The average molecular weight is 383 g/mol. The molecule has 1 aromatic carbocycles. The molecular weight excluding hydrogens is 362 g/mol. The maximum atomic E-state index is 12.6. The molecule has 1 unspecified atom stereocenters. The number of aryl methyl sites for hydroxylation is 1. The highest BCUT2D eigenvalue weighted by atomic mass is 32.2. The zero-order valence-corrected chi connectivity index (χ0v) is 15.4. The second kappa shape index (κ2) is 7.81. The van der Waals surface area contributed by atoms with Crippen molar-refractivity contribution in [1.29, 1.82) is 0 Å². The summed E-state index contributed by atoms with van der Waals surface area (Å²) in [4.78, 5) is 36.3. The van der Waals surface area contributed by atoms with Crippen molar-refractivity contribution < 1.29 is 22.9 Å². The van der Waals surface area contributed by atoms with Crippen LogP contribution in [-0.2, 0) is 14.6 Å². The Morgan fingerprint density at radius 2 is 2.08 bits per heavy atom. The van der Waals surface area contributed by atoms with E-state index in [0.29, 0.717) is 12.0 Å². The number of nitro benzene ring substituents is 1. The molecule has 1 aromatic rings. The molecule has 1 aliphatic rings. The summed E-state index contributed by atoms with van der Waals surface area (Å²) < 4.78 is 22.9. The van der Waals surface area contributed by atoms with Gasteiger partial charge in [0.15, 0.2) is 9.84 Å². The lowest BCUT2D eigenvalue weighted by Gasteiger charge is -2.21. The lowest BCUT2D eigenvalue weighted by atomic mass is 10.1. The highest BCUT2D eigenvalue weighted by Crippen LogP contribution is 2.19. The molecule has 0 bridgehead atoms. The Labute approximate surface area is 151 Å². The summed E-state index contributed by atoms with van der Waals surface area (Å²) in [6.07, 6.45) is 0.371. The Hall–Kier alpha value is -2.49. The van der Waals surface area contributed by atoms with Gasteiger partial charge in [0.25, 0.3) is 11.6 Å². The lowest BCUT2D eigenvalue weighted by Crippen LogP contribution is -2.44. The minimum atomic E-state index is -3.10. The van der Waals surface area contributed by atoms with Gasteiger partial charge in [0.2, 0.25) is 5.91 Å². The van der Waals surface area contributed by atoms with Gasteiger partial charge in [-0.05, 0) is 32.4 Å². The topological polar surface area (TPSA) is 127 Å². The number of hydrogen-bond donors (Lipinski definition) is 1. The highest BCUT2D eigenvalue weighted by molar-refractivity contribution is 7.91. The molecule has 0 spiro atoms. The first-order valence-electron chi connectivity index (χ1n) is 8.17. The number of nitrogens with zero attached hydrogens (tertiary/aromatic N) is 2. The van der Waals surface area contributed by atoms with Crippen molar-refractivity contribution in [2.45, 2.75) is 26.3 Å². The summed E-state index contributed by atoms with van der Waals surface area (Å²) in [5.41, 5.74) is 0.536. The van der Waals surface area contributed by atoms with E-state index in [4.69, 9.17) is 0 Å². The molecule has 1 saturated heterocycles. The number of nitrogens with one attached hydrogen (secondary N) is 1. The molecule has 142 valence electrons. The van der Waals surface area contributed by atoms with Crippen LogP contribution in [0.4, 0.5) is 5.69 Å². The number of carbonyl (C=O) groups is 2. The predicted molar refractivity (Wildman–Crippen MR) is 94.6 cm³/mol. The van der Waals surface area contributed by atoms with E-state index >= 15 is 0 Å². The first kappa shape index (κ1) is 19.8. The van der Waals surface area contributed by atoms with Crippen molar-refractivity contribution in [2.24, 2.45) is 0 Å². The van der Waals surface area contributed by atoms with Gasteiger partial charge in [-0.25, -0.2) is 8.42 Å². The fraction of sp³-hybridized carbons (Fsp3) is 0.500. The minimum Gasteiger partial charge on any atom is -0.351 e. The van der Waals surface area contributed by atoms with E-state index in [1.54, 1.807) is 13.8 Å². The number of rotatable bonds is 6. The van der Waals surface area contributed by atoms with Gasteiger partial charge in [-0.15, -0.1) is 0 Å². The Morgan fingerprint density at radius 1 is 1.38 bits per heavy atom. The zero-order chi connectivity index (χ0) is 19.5. The summed E-state index contributed by atoms with van der Waals surface area (Å²) in [5.74, 6) is -0.878. The molecule has 9 nitrogen and oxygen atoms in total. The number of carbonyl (C=O) groups excluding carboxylic acids is 2. The Balaban J connectivity index is 2.03. The van der Waals surface area contributed by atoms with Crippen LogP contribution in [0.3, 0.4) is 0 Å². The van der Waals surface area contributed by atoms with Crippen molar-refractivity contribution in [3.63, 3.8) is 0 Å². The average Bonchev–Trinajstić information content (AvgIpc) is 2.90. The highest BCUT2D eigenvalue weighted by Gasteiger charge is 2.29. The van der Waals surface area contributed by atoms with Crippen LogP contribution in [0.1, 0.15) is 29.3 Å². The van der Waals surface area contributed by atoms with E-state index in [9.17, 15) is 28.1 Å². The van der Waals surface area contributed by atoms with Crippen molar-refractivity contribution >= 4 is 27.3 Å². The van der Waals surface area contributed by atoms with E-state index in [2.05, 4.69) is 5.32 Å². The minimum absolute atomic E-state index is 0.0520. The van der Waals surface area contributed by atoms with Crippen LogP contribution in [0.2, 0.25) is 0 Å². The third-order valence-electron chi connectivity index (χ3n) is 4.24. The van der Waals surface area contributed by atoms with Crippen molar-refractivity contribution in [1.82, 2.24) is 10.2 Å². The number of benzene rings is 1. The fourth-order valence-electron chi connectivity index (χ4n) is 2.86. The molecule has 1 heterocycles. The normalized spacial score (nSPS) is 18.3. The zero-order valence-electron chi connectivity index (χ0n) is 14.6.